The lowest BCUT2D eigenvalue weighted by Crippen LogP contribution is -2.43. The highest BCUT2D eigenvalue weighted by molar-refractivity contribution is 5.91. The molecule has 1 aliphatic rings. The van der Waals surface area contributed by atoms with Gasteiger partial charge in [0.15, 0.2) is 6.10 Å². The maximum Gasteiger partial charge on any atom is 0.339 e. The summed E-state index contributed by atoms with van der Waals surface area (Å²) in [4.78, 5) is 23.2. The van der Waals surface area contributed by atoms with E-state index in [4.69, 9.17) is 9.84 Å². The van der Waals surface area contributed by atoms with Crippen molar-refractivity contribution in [2.75, 3.05) is 0 Å². The van der Waals surface area contributed by atoms with Crippen molar-refractivity contribution in [1.82, 2.24) is 5.32 Å². The van der Waals surface area contributed by atoms with Crippen LogP contribution in [0.25, 0.3) is 0 Å². The molecule has 1 aromatic carbocycles. The summed E-state index contributed by atoms with van der Waals surface area (Å²) in [5, 5.41) is 12.1. The van der Waals surface area contributed by atoms with E-state index < -0.39 is 12.1 Å². The van der Waals surface area contributed by atoms with Crippen LogP contribution in [0.15, 0.2) is 24.3 Å². The zero-order valence-electron chi connectivity index (χ0n) is 12.2. The highest BCUT2D eigenvalue weighted by atomic mass is 16.5. The zero-order chi connectivity index (χ0) is 15.2. The lowest BCUT2D eigenvalue weighted by molar-refractivity contribution is -0.128. The molecule has 1 fully saturated rings. The summed E-state index contributed by atoms with van der Waals surface area (Å²) in [6, 6.07) is 6.56. The Morgan fingerprint density at radius 1 is 1.24 bits per heavy atom. The SMILES string of the molecule is CC(Oc1ccccc1C(=O)O)C(=O)NC1CCCCC1. The van der Waals surface area contributed by atoms with Crippen molar-refractivity contribution in [3.8, 4) is 5.75 Å². The van der Waals surface area contributed by atoms with Crippen LogP contribution in [0.2, 0.25) is 0 Å². The summed E-state index contributed by atoms with van der Waals surface area (Å²) in [6.45, 7) is 1.64. The lowest BCUT2D eigenvalue weighted by atomic mass is 9.95. The van der Waals surface area contributed by atoms with E-state index in [9.17, 15) is 9.59 Å². The Morgan fingerprint density at radius 2 is 1.90 bits per heavy atom. The van der Waals surface area contributed by atoms with Gasteiger partial charge >= 0.3 is 5.97 Å². The fourth-order valence-electron chi connectivity index (χ4n) is 2.56. The molecule has 0 saturated heterocycles. The molecule has 0 bridgehead atoms. The van der Waals surface area contributed by atoms with Crippen LogP contribution in [0.1, 0.15) is 49.4 Å². The molecular weight excluding hydrogens is 270 g/mol. The van der Waals surface area contributed by atoms with E-state index in [1.165, 1.54) is 12.5 Å². The van der Waals surface area contributed by atoms with Gasteiger partial charge in [-0.1, -0.05) is 31.4 Å². The molecule has 1 aliphatic carbocycles. The average molecular weight is 291 g/mol. The van der Waals surface area contributed by atoms with Crippen LogP contribution in [0.5, 0.6) is 5.75 Å². The summed E-state index contributed by atoms with van der Waals surface area (Å²) >= 11 is 0. The van der Waals surface area contributed by atoms with Gasteiger partial charge in [0.25, 0.3) is 5.91 Å². The third-order valence-electron chi connectivity index (χ3n) is 3.74. The minimum Gasteiger partial charge on any atom is -0.480 e. The van der Waals surface area contributed by atoms with Gasteiger partial charge in [-0.15, -0.1) is 0 Å². The van der Waals surface area contributed by atoms with Crippen molar-refractivity contribution in [3.63, 3.8) is 0 Å². The number of benzene rings is 1. The smallest absolute Gasteiger partial charge is 0.339 e. The predicted octanol–water partition coefficient (Wildman–Crippen LogP) is 2.60. The Bertz CT molecular complexity index is 509. The molecule has 1 saturated carbocycles. The molecule has 1 amide bonds. The molecule has 0 radical (unpaired) electrons. The van der Waals surface area contributed by atoms with Gasteiger partial charge in [-0.3, -0.25) is 4.79 Å². The highest BCUT2D eigenvalue weighted by Gasteiger charge is 2.22. The van der Waals surface area contributed by atoms with Crippen LogP contribution in [0.4, 0.5) is 0 Å². The number of rotatable bonds is 5. The quantitative estimate of drug-likeness (QED) is 0.874. The first-order valence-corrected chi connectivity index (χ1v) is 7.37. The Kier molecular flexibility index (Phi) is 5.20. The second-order valence-electron chi connectivity index (χ2n) is 5.40. The molecule has 5 heteroatoms. The van der Waals surface area contributed by atoms with Gasteiger partial charge < -0.3 is 15.2 Å². The number of carbonyl (C=O) groups excluding carboxylic acids is 1. The monoisotopic (exact) mass is 291 g/mol. The fourth-order valence-corrected chi connectivity index (χ4v) is 2.56. The van der Waals surface area contributed by atoms with Crippen LogP contribution in [0.3, 0.4) is 0 Å². The van der Waals surface area contributed by atoms with Crippen molar-refractivity contribution in [2.24, 2.45) is 0 Å². The minimum absolute atomic E-state index is 0.0646. The van der Waals surface area contributed by atoms with Gasteiger partial charge in [0.1, 0.15) is 11.3 Å². The van der Waals surface area contributed by atoms with E-state index >= 15 is 0 Å². The molecule has 2 N–H and O–H groups in total. The van der Waals surface area contributed by atoms with Gasteiger partial charge in [0.05, 0.1) is 0 Å². The van der Waals surface area contributed by atoms with Crippen LogP contribution in [0, 0.1) is 0 Å². The Labute approximate surface area is 124 Å². The number of amides is 1. The maximum atomic E-state index is 12.1. The van der Waals surface area contributed by atoms with E-state index in [0.717, 1.165) is 25.7 Å². The van der Waals surface area contributed by atoms with Gasteiger partial charge in [0.2, 0.25) is 0 Å². The summed E-state index contributed by atoms with van der Waals surface area (Å²) in [5.41, 5.74) is 0.0646. The number of aromatic carboxylic acids is 1. The summed E-state index contributed by atoms with van der Waals surface area (Å²) in [7, 11) is 0. The van der Waals surface area contributed by atoms with Gasteiger partial charge in [0, 0.05) is 6.04 Å². The highest BCUT2D eigenvalue weighted by Crippen LogP contribution is 2.20. The number of para-hydroxylation sites is 1. The lowest BCUT2D eigenvalue weighted by Gasteiger charge is -2.24. The molecule has 0 aromatic heterocycles. The van der Waals surface area contributed by atoms with Gasteiger partial charge in [-0.25, -0.2) is 4.79 Å². The van der Waals surface area contributed by atoms with Gasteiger partial charge in [-0.2, -0.15) is 0 Å². The Hall–Kier alpha value is -2.04. The standard InChI is InChI=1S/C16H21NO4/c1-11(15(18)17-12-7-3-2-4-8-12)21-14-10-6-5-9-13(14)16(19)20/h5-6,9-12H,2-4,7-8H2,1H3,(H,17,18)(H,19,20). The number of nitrogens with one attached hydrogen (secondary N) is 1. The first kappa shape index (κ1) is 15.4. The minimum atomic E-state index is -1.06. The van der Waals surface area contributed by atoms with Crippen molar-refractivity contribution in [2.45, 2.75) is 51.2 Å². The van der Waals surface area contributed by atoms with Crippen molar-refractivity contribution in [1.29, 1.82) is 0 Å². The summed E-state index contributed by atoms with van der Waals surface area (Å²) in [6.07, 6.45) is 4.80. The van der Waals surface area contributed by atoms with E-state index in [2.05, 4.69) is 5.32 Å². The van der Waals surface area contributed by atoms with Crippen LogP contribution < -0.4 is 10.1 Å². The fraction of sp³-hybridized carbons (Fsp3) is 0.500. The Balaban J connectivity index is 1.95. The number of hydrogen-bond donors (Lipinski definition) is 2. The second kappa shape index (κ2) is 7.11. The van der Waals surface area contributed by atoms with Crippen LogP contribution >= 0.6 is 0 Å². The molecule has 5 nitrogen and oxygen atoms in total. The van der Waals surface area contributed by atoms with Crippen molar-refractivity contribution in [3.05, 3.63) is 29.8 Å². The first-order valence-electron chi connectivity index (χ1n) is 7.37. The molecular formula is C16H21NO4. The topological polar surface area (TPSA) is 75.6 Å². The molecule has 1 unspecified atom stereocenters. The number of carboxylic acids is 1. The van der Waals surface area contributed by atoms with E-state index in [0.29, 0.717) is 0 Å². The normalized spacial score (nSPS) is 17.0. The zero-order valence-corrected chi connectivity index (χ0v) is 12.2. The molecule has 0 heterocycles. The summed E-state index contributed by atoms with van der Waals surface area (Å²) in [5.74, 6) is -1.04. The molecule has 2 rings (SSSR count). The van der Waals surface area contributed by atoms with E-state index in [1.54, 1.807) is 25.1 Å². The Morgan fingerprint density at radius 3 is 2.57 bits per heavy atom. The molecule has 1 aromatic rings. The third-order valence-corrected chi connectivity index (χ3v) is 3.74. The molecule has 21 heavy (non-hydrogen) atoms. The molecule has 0 spiro atoms. The van der Waals surface area contributed by atoms with Crippen LogP contribution in [-0.4, -0.2) is 29.1 Å². The van der Waals surface area contributed by atoms with Crippen LogP contribution in [-0.2, 0) is 4.79 Å². The van der Waals surface area contributed by atoms with E-state index in [-0.39, 0.29) is 23.3 Å². The first-order chi connectivity index (χ1) is 10.1. The van der Waals surface area contributed by atoms with Gasteiger partial charge in [-0.05, 0) is 31.9 Å². The third kappa shape index (κ3) is 4.21. The average Bonchev–Trinajstić information content (AvgIpc) is 2.48. The number of carbonyl (C=O) groups is 2. The molecule has 114 valence electrons. The molecule has 0 aliphatic heterocycles. The predicted molar refractivity (Wildman–Crippen MR) is 78.5 cm³/mol. The summed E-state index contributed by atoms with van der Waals surface area (Å²) < 4.78 is 5.52. The number of ether oxygens (including phenoxy) is 1. The maximum absolute atomic E-state index is 12.1. The second-order valence-corrected chi connectivity index (χ2v) is 5.40. The number of hydrogen-bond acceptors (Lipinski definition) is 3. The largest absolute Gasteiger partial charge is 0.480 e. The van der Waals surface area contributed by atoms with Crippen molar-refractivity contribution < 1.29 is 19.4 Å². The van der Waals surface area contributed by atoms with Crippen molar-refractivity contribution >= 4 is 11.9 Å². The van der Waals surface area contributed by atoms with E-state index in [1.807, 2.05) is 0 Å². The number of carboxylic acid groups (broad SMARTS) is 1. The molecule has 1 atom stereocenters.